The maximum atomic E-state index is 13.1. The molecule has 1 saturated heterocycles. The van der Waals surface area contributed by atoms with Crippen molar-refractivity contribution in [2.24, 2.45) is 0 Å². The van der Waals surface area contributed by atoms with Gasteiger partial charge in [0.25, 0.3) is 0 Å². The number of hydrogen-bond acceptors (Lipinski definition) is 3. The average molecular weight is 397 g/mol. The highest BCUT2D eigenvalue weighted by molar-refractivity contribution is 6.36. The summed E-state index contributed by atoms with van der Waals surface area (Å²) in [6, 6.07) is 11.6. The highest BCUT2D eigenvalue weighted by Crippen LogP contribution is 2.29. The predicted octanol–water partition coefficient (Wildman–Crippen LogP) is 4.00. The van der Waals surface area contributed by atoms with Crippen LogP contribution < -0.4 is 4.90 Å². The van der Waals surface area contributed by atoms with Gasteiger partial charge in [-0.3, -0.25) is 4.79 Å². The van der Waals surface area contributed by atoms with E-state index in [1.165, 1.54) is 12.1 Å². The minimum atomic E-state index is -0.311. The highest BCUT2D eigenvalue weighted by atomic mass is 35.5. The Morgan fingerprint density at radius 2 is 1.85 bits per heavy atom. The molecular weight excluding hydrogens is 378 g/mol. The molecule has 1 fully saturated rings. The lowest BCUT2D eigenvalue weighted by Gasteiger charge is -2.36. The summed E-state index contributed by atoms with van der Waals surface area (Å²) in [5.41, 5.74) is 1.63. The zero-order valence-corrected chi connectivity index (χ0v) is 15.6. The van der Waals surface area contributed by atoms with E-state index in [2.05, 4.69) is 4.90 Å². The molecule has 0 radical (unpaired) electrons. The van der Waals surface area contributed by atoms with E-state index in [0.717, 1.165) is 5.69 Å². The average Bonchev–Trinajstić information content (AvgIpc) is 2.62. The van der Waals surface area contributed by atoms with Gasteiger partial charge in [0, 0.05) is 31.2 Å². The van der Waals surface area contributed by atoms with Crippen LogP contribution in [0.5, 0.6) is 0 Å². The number of carbonyl (C=O) groups excluding carboxylic acids is 1. The van der Waals surface area contributed by atoms with E-state index in [9.17, 15) is 9.18 Å². The smallest absolute Gasteiger partial charge is 0.248 e. The number of benzene rings is 2. The molecule has 2 aromatic rings. The quantitative estimate of drug-likeness (QED) is 0.765. The molecule has 0 atom stereocenters. The third-order valence-corrected chi connectivity index (χ3v) is 4.80. The van der Waals surface area contributed by atoms with Crippen molar-refractivity contribution >= 4 is 34.8 Å². The second kappa shape index (κ2) is 8.71. The number of rotatable bonds is 5. The first kappa shape index (κ1) is 19.0. The number of anilines is 1. The van der Waals surface area contributed by atoms with Gasteiger partial charge in [0.05, 0.1) is 17.3 Å². The molecule has 0 N–H and O–H groups in total. The van der Waals surface area contributed by atoms with E-state index >= 15 is 0 Å². The summed E-state index contributed by atoms with van der Waals surface area (Å²) in [7, 11) is 0. The van der Waals surface area contributed by atoms with Crippen LogP contribution in [0.2, 0.25) is 10.0 Å². The van der Waals surface area contributed by atoms with Crippen molar-refractivity contribution in [2.75, 3.05) is 37.7 Å². The van der Waals surface area contributed by atoms with Gasteiger partial charge in [0.1, 0.15) is 12.4 Å². The molecule has 0 aromatic heterocycles. The molecule has 0 aliphatic carbocycles. The number of piperazine rings is 1. The van der Waals surface area contributed by atoms with Crippen LogP contribution in [0.1, 0.15) is 5.56 Å². The fourth-order valence-corrected chi connectivity index (χ4v) is 3.44. The van der Waals surface area contributed by atoms with Gasteiger partial charge in [0.15, 0.2) is 0 Å². The Hall–Kier alpha value is -1.82. The summed E-state index contributed by atoms with van der Waals surface area (Å²) < 4.78 is 18.5. The van der Waals surface area contributed by atoms with Gasteiger partial charge in [0.2, 0.25) is 5.91 Å². The Labute approximate surface area is 162 Å². The van der Waals surface area contributed by atoms with Gasteiger partial charge < -0.3 is 14.5 Å². The van der Waals surface area contributed by atoms with E-state index in [-0.39, 0.29) is 24.9 Å². The molecule has 4 nitrogen and oxygen atoms in total. The predicted molar refractivity (Wildman–Crippen MR) is 101 cm³/mol. The van der Waals surface area contributed by atoms with Crippen LogP contribution in [0, 0.1) is 5.82 Å². The van der Waals surface area contributed by atoms with E-state index in [1.54, 1.807) is 29.2 Å². The van der Waals surface area contributed by atoms with Gasteiger partial charge >= 0.3 is 0 Å². The number of amides is 1. The number of nitrogens with zero attached hydrogens (tertiary/aromatic N) is 2. The topological polar surface area (TPSA) is 32.8 Å². The van der Waals surface area contributed by atoms with Crippen molar-refractivity contribution in [3.63, 3.8) is 0 Å². The van der Waals surface area contributed by atoms with Crippen molar-refractivity contribution in [3.8, 4) is 0 Å². The maximum Gasteiger partial charge on any atom is 0.248 e. The van der Waals surface area contributed by atoms with Crippen LogP contribution in [-0.2, 0) is 16.1 Å². The summed E-state index contributed by atoms with van der Waals surface area (Å²) in [5.74, 6) is -0.377. The largest absolute Gasteiger partial charge is 0.367 e. The van der Waals surface area contributed by atoms with Gasteiger partial charge in [-0.25, -0.2) is 4.39 Å². The summed E-state index contributed by atoms with van der Waals surface area (Å²) in [4.78, 5) is 16.2. The van der Waals surface area contributed by atoms with Crippen LogP contribution in [0.4, 0.5) is 10.1 Å². The van der Waals surface area contributed by atoms with E-state index in [0.29, 0.717) is 41.8 Å². The first-order valence-electron chi connectivity index (χ1n) is 8.33. The number of ether oxygens (including phenoxy) is 1. The molecule has 26 heavy (non-hydrogen) atoms. The minimum Gasteiger partial charge on any atom is -0.367 e. The van der Waals surface area contributed by atoms with E-state index in [1.807, 2.05) is 6.07 Å². The Kier molecular flexibility index (Phi) is 6.35. The van der Waals surface area contributed by atoms with Crippen molar-refractivity contribution in [1.29, 1.82) is 0 Å². The van der Waals surface area contributed by atoms with Gasteiger partial charge in [-0.2, -0.15) is 0 Å². The summed E-state index contributed by atoms with van der Waals surface area (Å²) in [6.07, 6.45) is 0. The molecule has 0 unspecified atom stereocenters. The first-order chi connectivity index (χ1) is 12.5. The minimum absolute atomic E-state index is 0.0157. The van der Waals surface area contributed by atoms with Crippen molar-refractivity contribution in [3.05, 3.63) is 63.9 Å². The number of hydrogen-bond donors (Lipinski definition) is 0. The third-order valence-electron chi connectivity index (χ3n) is 4.27. The third kappa shape index (κ3) is 4.87. The molecule has 0 bridgehead atoms. The summed E-state index contributed by atoms with van der Waals surface area (Å²) in [6.45, 7) is 2.78. The second-order valence-electron chi connectivity index (χ2n) is 6.09. The van der Waals surface area contributed by atoms with Crippen LogP contribution in [-0.4, -0.2) is 43.6 Å². The van der Waals surface area contributed by atoms with Crippen molar-refractivity contribution in [1.82, 2.24) is 4.90 Å². The van der Waals surface area contributed by atoms with Crippen LogP contribution in [0.25, 0.3) is 0 Å². The Balaban J connectivity index is 1.46. The molecule has 138 valence electrons. The number of carbonyl (C=O) groups is 1. The monoisotopic (exact) mass is 396 g/mol. The fourth-order valence-electron chi connectivity index (χ4n) is 2.91. The maximum absolute atomic E-state index is 13.1. The molecule has 1 amide bonds. The molecule has 2 aromatic carbocycles. The Bertz CT molecular complexity index is 780. The fraction of sp³-hybridized carbons (Fsp3) is 0.316. The van der Waals surface area contributed by atoms with Crippen molar-refractivity contribution in [2.45, 2.75) is 6.61 Å². The van der Waals surface area contributed by atoms with Gasteiger partial charge in [-0.15, -0.1) is 0 Å². The molecular formula is C19H19Cl2FN2O2. The van der Waals surface area contributed by atoms with Crippen LogP contribution in [0.15, 0.2) is 42.5 Å². The van der Waals surface area contributed by atoms with Crippen molar-refractivity contribution < 1.29 is 13.9 Å². The highest BCUT2D eigenvalue weighted by Gasteiger charge is 2.22. The molecule has 7 heteroatoms. The van der Waals surface area contributed by atoms with E-state index in [4.69, 9.17) is 27.9 Å². The normalized spacial score (nSPS) is 14.6. The molecule has 1 aliphatic heterocycles. The SMILES string of the molecule is O=C(COCc1cccc(F)c1)N1CCN(c2ccc(Cl)cc2Cl)CC1. The second-order valence-corrected chi connectivity index (χ2v) is 6.93. The van der Waals surface area contributed by atoms with Crippen LogP contribution >= 0.6 is 23.2 Å². The Morgan fingerprint density at radius 1 is 1.08 bits per heavy atom. The zero-order chi connectivity index (χ0) is 18.5. The zero-order valence-electron chi connectivity index (χ0n) is 14.1. The first-order valence-corrected chi connectivity index (χ1v) is 9.08. The van der Waals surface area contributed by atoms with Gasteiger partial charge in [-0.1, -0.05) is 35.3 Å². The van der Waals surface area contributed by atoms with Crippen LogP contribution in [0.3, 0.4) is 0 Å². The lowest BCUT2D eigenvalue weighted by atomic mass is 10.2. The van der Waals surface area contributed by atoms with Gasteiger partial charge in [-0.05, 0) is 35.9 Å². The molecule has 0 saturated carbocycles. The summed E-state index contributed by atoms with van der Waals surface area (Å²) in [5, 5.41) is 1.21. The molecule has 0 spiro atoms. The number of halogens is 3. The lowest BCUT2D eigenvalue weighted by molar-refractivity contribution is -0.136. The van der Waals surface area contributed by atoms with E-state index < -0.39 is 0 Å². The molecule has 1 aliphatic rings. The summed E-state index contributed by atoms with van der Waals surface area (Å²) >= 11 is 12.2. The standard InChI is InChI=1S/C19H19Cl2FN2O2/c20-15-4-5-18(17(21)11-15)23-6-8-24(9-7-23)19(25)13-26-12-14-2-1-3-16(22)10-14/h1-5,10-11H,6-9,12-13H2. The molecule has 1 heterocycles. The lowest BCUT2D eigenvalue weighted by Crippen LogP contribution is -2.49. The Morgan fingerprint density at radius 3 is 2.54 bits per heavy atom. The molecule has 3 rings (SSSR count).